The van der Waals surface area contributed by atoms with Gasteiger partial charge in [-0.05, 0) is 104 Å². The number of rotatable bonds is 5. The molecule has 3 aliphatic carbocycles. The predicted octanol–water partition coefficient (Wildman–Crippen LogP) is 8.91. The van der Waals surface area contributed by atoms with Gasteiger partial charge in [-0.2, -0.15) is 0 Å². The molecular weight excluding hydrogens is 374 g/mol. The van der Waals surface area contributed by atoms with Crippen LogP contribution >= 0.6 is 0 Å². The van der Waals surface area contributed by atoms with Crippen molar-refractivity contribution in [2.75, 3.05) is 0 Å². The van der Waals surface area contributed by atoms with Crippen molar-refractivity contribution in [1.29, 1.82) is 0 Å². The van der Waals surface area contributed by atoms with E-state index < -0.39 is 11.6 Å². The maximum atomic E-state index is 15.1. The molecule has 4 rings (SSSR count). The highest BCUT2D eigenvalue weighted by Gasteiger charge is 2.31. The number of allylic oxidation sites excluding steroid dienone is 2. The molecule has 0 N–H and O–H groups in total. The lowest BCUT2D eigenvalue weighted by molar-refractivity contribution is 0.237. The Kier molecular flexibility index (Phi) is 7.32. The van der Waals surface area contributed by atoms with Crippen molar-refractivity contribution in [3.05, 3.63) is 47.0 Å². The second kappa shape index (κ2) is 9.96. The molecule has 166 valence electrons. The Morgan fingerprint density at radius 3 is 1.80 bits per heavy atom. The molecule has 0 spiro atoms. The molecule has 0 bridgehead atoms. The van der Waals surface area contributed by atoms with Crippen LogP contribution in [0.3, 0.4) is 0 Å². The molecule has 3 aliphatic rings. The van der Waals surface area contributed by atoms with Gasteiger partial charge in [0.1, 0.15) is 0 Å². The lowest BCUT2D eigenvalue weighted by Crippen LogP contribution is -2.23. The fraction of sp³-hybridized carbons (Fsp3) is 0.714. The van der Waals surface area contributed by atoms with Gasteiger partial charge in [-0.3, -0.25) is 0 Å². The van der Waals surface area contributed by atoms with E-state index in [0.717, 1.165) is 69.1 Å². The Morgan fingerprint density at radius 1 is 0.733 bits per heavy atom. The minimum Gasteiger partial charge on any atom is -0.203 e. The molecule has 0 aliphatic heterocycles. The molecule has 0 amide bonds. The van der Waals surface area contributed by atoms with Crippen molar-refractivity contribution >= 4 is 0 Å². The van der Waals surface area contributed by atoms with E-state index in [1.807, 2.05) is 12.1 Å². The average Bonchev–Trinajstić information content (AvgIpc) is 2.77. The number of hydrogen-bond donors (Lipinski definition) is 0. The minimum atomic E-state index is -0.550. The third-order valence-corrected chi connectivity index (χ3v) is 8.58. The van der Waals surface area contributed by atoms with Crippen LogP contribution in [-0.2, 0) is 0 Å². The lowest BCUT2D eigenvalue weighted by Gasteiger charge is -2.35. The van der Waals surface area contributed by atoms with Crippen LogP contribution in [0.2, 0.25) is 0 Å². The van der Waals surface area contributed by atoms with E-state index in [9.17, 15) is 4.39 Å². The molecule has 2 fully saturated rings. The zero-order valence-electron chi connectivity index (χ0n) is 19.0. The van der Waals surface area contributed by atoms with E-state index in [4.69, 9.17) is 0 Å². The largest absolute Gasteiger partial charge is 0.203 e. The summed E-state index contributed by atoms with van der Waals surface area (Å²) in [6.07, 6.45) is 18.7. The Morgan fingerprint density at radius 2 is 1.30 bits per heavy atom. The van der Waals surface area contributed by atoms with Crippen LogP contribution in [0.4, 0.5) is 8.78 Å². The van der Waals surface area contributed by atoms with Crippen molar-refractivity contribution < 1.29 is 8.78 Å². The van der Waals surface area contributed by atoms with Crippen molar-refractivity contribution in [2.45, 2.75) is 103 Å². The van der Waals surface area contributed by atoms with Gasteiger partial charge in [0.2, 0.25) is 0 Å². The third kappa shape index (κ3) is 4.83. The first kappa shape index (κ1) is 22.0. The Hall–Kier alpha value is -1.18. The highest BCUT2D eigenvalue weighted by atomic mass is 19.2. The van der Waals surface area contributed by atoms with E-state index in [0.29, 0.717) is 17.0 Å². The van der Waals surface area contributed by atoms with Crippen LogP contribution in [0, 0.1) is 35.3 Å². The standard InChI is InChI=1S/C28H40F2/c1-3-4-20-7-11-21(12-8-20)22-13-15-24(16-14-22)26-18-17-25(27(29)28(26)30)23-9-5-19(2)6-10-23/h7,11,17-24H,3-6,8-10,12-16H2,1-2H3. The van der Waals surface area contributed by atoms with E-state index in [1.54, 1.807) is 0 Å². The van der Waals surface area contributed by atoms with Gasteiger partial charge in [0.25, 0.3) is 0 Å². The second-order valence-electron chi connectivity index (χ2n) is 10.6. The van der Waals surface area contributed by atoms with Gasteiger partial charge in [-0.15, -0.1) is 0 Å². The normalized spacial score (nSPS) is 34.8. The molecule has 2 unspecified atom stereocenters. The maximum absolute atomic E-state index is 15.1. The summed E-state index contributed by atoms with van der Waals surface area (Å²) < 4.78 is 30.0. The van der Waals surface area contributed by atoms with Crippen LogP contribution < -0.4 is 0 Å². The van der Waals surface area contributed by atoms with E-state index in [2.05, 4.69) is 26.0 Å². The van der Waals surface area contributed by atoms with Crippen molar-refractivity contribution in [3.63, 3.8) is 0 Å². The van der Waals surface area contributed by atoms with Gasteiger partial charge in [0.05, 0.1) is 0 Å². The molecule has 1 aromatic rings. The molecule has 0 radical (unpaired) electrons. The van der Waals surface area contributed by atoms with Gasteiger partial charge in [0.15, 0.2) is 11.6 Å². The summed E-state index contributed by atoms with van der Waals surface area (Å²) in [5, 5.41) is 0. The highest BCUT2D eigenvalue weighted by molar-refractivity contribution is 5.32. The lowest BCUT2D eigenvalue weighted by atomic mass is 9.70. The molecule has 2 heteroatoms. The SMILES string of the molecule is CCCC1C=CC(C2CCC(c3ccc(C4CCC(C)CC4)c(F)c3F)CC2)CC1. The highest BCUT2D eigenvalue weighted by Crippen LogP contribution is 2.44. The molecule has 2 saturated carbocycles. The molecule has 0 heterocycles. The molecule has 0 saturated heterocycles. The molecular formula is C28H40F2. The topological polar surface area (TPSA) is 0 Å². The maximum Gasteiger partial charge on any atom is 0.162 e. The van der Waals surface area contributed by atoms with Gasteiger partial charge >= 0.3 is 0 Å². The number of halogens is 2. The summed E-state index contributed by atoms with van der Waals surface area (Å²) in [7, 11) is 0. The number of hydrogen-bond acceptors (Lipinski definition) is 0. The summed E-state index contributed by atoms with van der Waals surface area (Å²) in [6, 6.07) is 3.84. The summed E-state index contributed by atoms with van der Waals surface area (Å²) in [6.45, 7) is 4.53. The van der Waals surface area contributed by atoms with Gasteiger partial charge in [-0.25, -0.2) is 8.78 Å². The van der Waals surface area contributed by atoms with Crippen molar-refractivity contribution in [3.8, 4) is 0 Å². The quantitative estimate of drug-likeness (QED) is 0.422. The Labute approximate surface area is 182 Å². The van der Waals surface area contributed by atoms with E-state index in [-0.39, 0.29) is 11.8 Å². The van der Waals surface area contributed by atoms with Crippen LogP contribution in [0.1, 0.15) is 114 Å². The predicted molar refractivity (Wildman–Crippen MR) is 122 cm³/mol. The van der Waals surface area contributed by atoms with Crippen molar-refractivity contribution in [2.24, 2.45) is 23.7 Å². The van der Waals surface area contributed by atoms with Crippen LogP contribution in [0.25, 0.3) is 0 Å². The fourth-order valence-corrected chi connectivity index (χ4v) is 6.54. The Bertz CT molecular complexity index is 720. The Balaban J connectivity index is 1.37. The summed E-state index contributed by atoms with van der Waals surface area (Å²) in [5.41, 5.74) is 1.27. The number of benzene rings is 1. The van der Waals surface area contributed by atoms with Crippen LogP contribution in [0.15, 0.2) is 24.3 Å². The molecule has 1 aromatic carbocycles. The van der Waals surface area contributed by atoms with Gasteiger partial charge in [0, 0.05) is 0 Å². The third-order valence-electron chi connectivity index (χ3n) is 8.58. The van der Waals surface area contributed by atoms with Crippen LogP contribution in [-0.4, -0.2) is 0 Å². The molecule has 0 nitrogen and oxygen atoms in total. The average molecular weight is 415 g/mol. The zero-order chi connectivity index (χ0) is 21.1. The molecule has 2 atom stereocenters. The van der Waals surface area contributed by atoms with Crippen molar-refractivity contribution in [1.82, 2.24) is 0 Å². The van der Waals surface area contributed by atoms with E-state index >= 15 is 4.39 Å². The zero-order valence-corrected chi connectivity index (χ0v) is 19.0. The van der Waals surface area contributed by atoms with Crippen LogP contribution in [0.5, 0.6) is 0 Å². The summed E-state index contributed by atoms with van der Waals surface area (Å²) in [4.78, 5) is 0. The molecule has 0 aromatic heterocycles. The first-order valence-electron chi connectivity index (χ1n) is 12.7. The smallest absolute Gasteiger partial charge is 0.162 e. The fourth-order valence-electron chi connectivity index (χ4n) is 6.54. The summed E-state index contributed by atoms with van der Waals surface area (Å²) >= 11 is 0. The first-order chi connectivity index (χ1) is 14.6. The molecule has 30 heavy (non-hydrogen) atoms. The first-order valence-corrected chi connectivity index (χ1v) is 12.7. The van der Waals surface area contributed by atoms with Gasteiger partial charge in [-0.1, -0.05) is 57.4 Å². The van der Waals surface area contributed by atoms with E-state index in [1.165, 1.54) is 25.7 Å². The minimum absolute atomic E-state index is 0.191. The summed E-state index contributed by atoms with van der Waals surface area (Å²) in [5.74, 6) is 2.24. The van der Waals surface area contributed by atoms with Gasteiger partial charge < -0.3 is 0 Å². The monoisotopic (exact) mass is 414 g/mol. The second-order valence-corrected chi connectivity index (χ2v) is 10.6.